The maximum Gasteiger partial charge on any atom is 0.250 e. The molecule has 47 heavy (non-hydrogen) atoms. The van der Waals surface area contributed by atoms with Crippen LogP contribution in [0, 0.1) is 35.5 Å². The van der Waals surface area contributed by atoms with Gasteiger partial charge in [-0.15, -0.1) is 0 Å². The largest absolute Gasteiger partial charge is 0.383 e. The monoisotopic (exact) mass is 653 g/mol. The summed E-state index contributed by atoms with van der Waals surface area (Å²) < 4.78 is 7.47. The van der Waals surface area contributed by atoms with Gasteiger partial charge in [0, 0.05) is 18.8 Å². The van der Waals surface area contributed by atoms with E-state index in [1.165, 1.54) is 93.9 Å². The smallest absolute Gasteiger partial charge is 0.250 e. The Hall–Kier alpha value is -1.57. The number of hydrogen-bond acceptors (Lipinski definition) is 3. The maximum absolute atomic E-state index is 7.47. The molecule has 0 unspecified atom stereocenters. The van der Waals surface area contributed by atoms with Gasteiger partial charge in [-0.25, -0.2) is 0 Å². The van der Waals surface area contributed by atoms with Crippen molar-refractivity contribution in [1.82, 2.24) is 0 Å². The van der Waals surface area contributed by atoms with Gasteiger partial charge in [-0.3, -0.25) is 0 Å². The lowest BCUT2D eigenvalue weighted by Crippen LogP contribution is -2.64. The summed E-state index contributed by atoms with van der Waals surface area (Å²) in [6.07, 6.45) is 18.3. The van der Waals surface area contributed by atoms with Crippen LogP contribution in [-0.2, 0) is 4.74 Å². The third-order valence-electron chi connectivity index (χ3n) is 15.0. The van der Waals surface area contributed by atoms with E-state index in [-0.39, 0.29) is 5.97 Å². The first-order chi connectivity index (χ1) is 22.8. The van der Waals surface area contributed by atoms with Crippen LogP contribution in [0.5, 0.6) is 0 Å². The number of nitrogens with one attached hydrogen (secondary N) is 1. The van der Waals surface area contributed by atoms with Gasteiger partial charge < -0.3 is 15.0 Å². The molecule has 11 rings (SSSR count). The minimum atomic E-state index is -1.81. The second kappa shape index (κ2) is 11.5. The third-order valence-corrected chi connectivity index (χ3v) is 21.3. The molecule has 1 N–H and O–H groups in total. The second-order valence-electron chi connectivity index (χ2n) is 18.5. The summed E-state index contributed by atoms with van der Waals surface area (Å²) >= 11 is 0. The van der Waals surface area contributed by atoms with Crippen LogP contribution in [0.1, 0.15) is 135 Å². The zero-order chi connectivity index (χ0) is 32.1. The first kappa shape index (κ1) is 31.4. The van der Waals surface area contributed by atoms with Gasteiger partial charge in [0.05, 0.1) is 22.6 Å². The predicted octanol–water partition coefficient (Wildman–Crippen LogP) is 10.8. The average molecular weight is 654 g/mol. The molecule has 0 radical (unpaired) electrons. The normalized spacial score (nSPS) is 41.0. The van der Waals surface area contributed by atoms with Crippen molar-refractivity contribution in [3.63, 3.8) is 0 Å². The van der Waals surface area contributed by atoms with Gasteiger partial charge in [-0.05, 0) is 155 Å². The number of benzene rings is 2. The van der Waals surface area contributed by atoms with Crippen molar-refractivity contribution in [2.75, 3.05) is 29.9 Å². The summed E-state index contributed by atoms with van der Waals surface area (Å²) in [6, 6.07) is 17.0. The van der Waals surface area contributed by atoms with Crippen molar-refractivity contribution in [2.45, 2.75) is 140 Å². The molecule has 254 valence electrons. The summed E-state index contributed by atoms with van der Waals surface area (Å²) in [7, 11) is -1.81. The fourth-order valence-electron chi connectivity index (χ4n) is 14.6. The van der Waals surface area contributed by atoms with Crippen LogP contribution >= 0.6 is 7.26 Å². The molecule has 0 amide bonds. The van der Waals surface area contributed by atoms with Crippen molar-refractivity contribution < 1.29 is 4.74 Å². The second-order valence-corrected chi connectivity index (χ2v) is 22.8. The summed E-state index contributed by atoms with van der Waals surface area (Å²) in [5.41, 5.74) is 5.88. The zero-order valence-electron chi connectivity index (χ0n) is 30.1. The SMILES string of the molecule is CCO[C@@H]1N(CCNc2c(C(C)C)cccc2C(C)C)c2ccccc2[P+]1(C12CC3CC(CC(C3)C1)C2)C12CC3CC(CC(C3)C1)C2. The van der Waals surface area contributed by atoms with E-state index < -0.39 is 7.26 Å². The van der Waals surface area contributed by atoms with Crippen molar-refractivity contribution in [1.29, 1.82) is 0 Å². The zero-order valence-corrected chi connectivity index (χ0v) is 31.0. The molecule has 1 atom stereocenters. The van der Waals surface area contributed by atoms with Crippen LogP contribution in [0.3, 0.4) is 0 Å². The molecule has 2 aromatic carbocycles. The molecule has 1 heterocycles. The Balaban J connectivity index is 1.17. The Morgan fingerprint density at radius 3 is 1.62 bits per heavy atom. The number of hydrogen-bond donors (Lipinski definition) is 1. The van der Waals surface area contributed by atoms with Crippen LogP contribution in [0.4, 0.5) is 11.4 Å². The van der Waals surface area contributed by atoms with Crippen LogP contribution in [0.25, 0.3) is 0 Å². The molecule has 0 saturated heterocycles. The minimum Gasteiger partial charge on any atom is -0.383 e. The summed E-state index contributed by atoms with van der Waals surface area (Å²) in [5, 5.41) is 6.88. The number of para-hydroxylation sites is 2. The van der Waals surface area contributed by atoms with E-state index in [4.69, 9.17) is 4.74 Å². The Morgan fingerprint density at radius 2 is 1.17 bits per heavy atom. The Kier molecular flexibility index (Phi) is 7.67. The van der Waals surface area contributed by atoms with Gasteiger partial charge in [0.15, 0.2) is 0 Å². The summed E-state index contributed by atoms with van der Waals surface area (Å²) in [6.45, 7) is 14.5. The maximum atomic E-state index is 7.47. The number of anilines is 2. The summed E-state index contributed by atoms with van der Waals surface area (Å²) in [5.74, 6) is 7.09. The van der Waals surface area contributed by atoms with Gasteiger partial charge in [-0.1, -0.05) is 58.0 Å². The number of ether oxygens (including phenoxy) is 1. The fraction of sp³-hybridized carbons (Fsp3) is 0.721. The molecule has 0 spiro atoms. The molecule has 9 aliphatic rings. The van der Waals surface area contributed by atoms with E-state index in [1.807, 2.05) is 5.30 Å². The van der Waals surface area contributed by atoms with Crippen molar-refractivity contribution >= 4 is 23.9 Å². The fourth-order valence-corrected chi connectivity index (χ4v) is 23.0. The molecule has 4 heteroatoms. The highest BCUT2D eigenvalue weighted by atomic mass is 31.2. The number of nitrogens with zero attached hydrogens (tertiary/aromatic N) is 1. The molecule has 1 aliphatic heterocycles. The van der Waals surface area contributed by atoms with Crippen LogP contribution in [0.15, 0.2) is 42.5 Å². The van der Waals surface area contributed by atoms with Crippen LogP contribution in [-0.4, -0.2) is 36.0 Å². The lowest BCUT2D eigenvalue weighted by Gasteiger charge is -2.67. The number of rotatable bonds is 10. The molecule has 3 nitrogen and oxygen atoms in total. The van der Waals surface area contributed by atoms with Crippen molar-refractivity contribution in [3.8, 4) is 0 Å². The van der Waals surface area contributed by atoms with Gasteiger partial charge in [-0.2, -0.15) is 0 Å². The first-order valence-corrected chi connectivity index (χ1v) is 21.8. The molecular formula is C43H62N2OP+. The highest BCUT2D eigenvalue weighted by molar-refractivity contribution is 7.87. The molecule has 2 aromatic rings. The molecule has 8 aliphatic carbocycles. The quantitative estimate of drug-likeness (QED) is 0.258. The molecule has 8 bridgehead atoms. The van der Waals surface area contributed by atoms with E-state index in [1.54, 1.807) is 5.69 Å². The predicted molar refractivity (Wildman–Crippen MR) is 201 cm³/mol. The van der Waals surface area contributed by atoms with Gasteiger partial charge in [0.2, 0.25) is 5.97 Å². The Morgan fingerprint density at radius 1 is 0.702 bits per heavy atom. The minimum absolute atomic E-state index is 0.254. The van der Waals surface area contributed by atoms with Crippen molar-refractivity contribution in [3.05, 3.63) is 53.6 Å². The van der Waals surface area contributed by atoms with Crippen LogP contribution in [0.2, 0.25) is 0 Å². The van der Waals surface area contributed by atoms with Gasteiger partial charge >= 0.3 is 0 Å². The average Bonchev–Trinajstić information content (AvgIpc) is 3.31. The van der Waals surface area contributed by atoms with E-state index >= 15 is 0 Å². The molecular weight excluding hydrogens is 591 g/mol. The van der Waals surface area contributed by atoms with Gasteiger partial charge in [0.1, 0.15) is 12.6 Å². The standard InChI is InChI=1S/C43H62N2OP/c1-6-46-41-45(15-14-44-40-36(28(2)3)10-9-11-37(40)29(4)5)38-12-7-8-13-39(38)47(41,42-22-30-16-31(23-42)18-32(17-30)24-42)43-25-33-19-34(26-43)21-35(20-33)27-43/h7-13,28-35,41,44H,6,14-27H2,1-5H3/q+1/t30?,31?,32?,33?,34?,35?,41-,42?,43?,47?/m0/s1. The topological polar surface area (TPSA) is 24.5 Å². The lowest BCUT2D eigenvalue weighted by molar-refractivity contribution is 0.00963. The van der Waals surface area contributed by atoms with E-state index in [9.17, 15) is 0 Å². The Bertz CT molecular complexity index is 1350. The first-order valence-electron chi connectivity index (χ1n) is 20.0. The van der Waals surface area contributed by atoms with E-state index in [2.05, 4.69) is 87.3 Å². The Labute approximate surface area is 286 Å². The highest BCUT2D eigenvalue weighted by Gasteiger charge is 2.82. The number of fused-ring (bicyclic) bond motifs is 1. The van der Waals surface area contributed by atoms with Crippen molar-refractivity contribution in [2.24, 2.45) is 35.5 Å². The van der Waals surface area contributed by atoms with E-state index in [0.717, 1.165) is 55.2 Å². The molecule has 0 aromatic heterocycles. The highest BCUT2D eigenvalue weighted by Crippen LogP contribution is 2.92. The molecule has 8 saturated carbocycles. The van der Waals surface area contributed by atoms with E-state index in [0.29, 0.717) is 22.1 Å². The third kappa shape index (κ3) is 4.56. The summed E-state index contributed by atoms with van der Waals surface area (Å²) in [4.78, 5) is 2.88. The van der Waals surface area contributed by atoms with Gasteiger partial charge in [0.25, 0.3) is 0 Å². The molecule has 8 fully saturated rings. The lowest BCUT2D eigenvalue weighted by atomic mass is 9.55. The van der Waals surface area contributed by atoms with Crippen LogP contribution < -0.4 is 15.5 Å².